The minimum absolute atomic E-state index is 0.446. The van der Waals surface area contributed by atoms with Crippen molar-refractivity contribution in [2.75, 3.05) is 4.72 Å². The fourth-order valence-corrected chi connectivity index (χ4v) is 2.79. The molecule has 0 amide bonds. The van der Waals surface area contributed by atoms with Crippen LogP contribution in [0, 0.1) is 17.5 Å². The molecule has 0 spiro atoms. The van der Waals surface area contributed by atoms with E-state index in [9.17, 15) is 26.4 Å². The highest BCUT2D eigenvalue weighted by molar-refractivity contribution is 7.92. The molecule has 0 saturated heterocycles. The summed E-state index contributed by atoms with van der Waals surface area (Å²) in [6.07, 6.45) is 0. The Labute approximate surface area is 123 Å². The van der Waals surface area contributed by atoms with Crippen LogP contribution in [0.1, 0.15) is 10.4 Å². The minimum Gasteiger partial charge on any atom is -0.478 e. The van der Waals surface area contributed by atoms with Gasteiger partial charge >= 0.3 is 5.97 Å². The van der Waals surface area contributed by atoms with Crippen LogP contribution >= 0.6 is 0 Å². The Balaban J connectivity index is 2.46. The zero-order valence-electron chi connectivity index (χ0n) is 10.7. The molecule has 0 aliphatic carbocycles. The van der Waals surface area contributed by atoms with E-state index in [2.05, 4.69) is 0 Å². The van der Waals surface area contributed by atoms with Crippen LogP contribution in [0.4, 0.5) is 18.9 Å². The van der Waals surface area contributed by atoms with Gasteiger partial charge in [0, 0.05) is 6.07 Å². The summed E-state index contributed by atoms with van der Waals surface area (Å²) in [5.41, 5.74) is -1.05. The van der Waals surface area contributed by atoms with Gasteiger partial charge in [0.2, 0.25) is 0 Å². The average molecular weight is 331 g/mol. The lowest BCUT2D eigenvalue weighted by Gasteiger charge is -2.10. The molecule has 5 nitrogen and oxygen atoms in total. The number of carboxylic acid groups (broad SMARTS) is 1. The predicted molar refractivity (Wildman–Crippen MR) is 70.5 cm³/mol. The molecule has 2 aromatic rings. The van der Waals surface area contributed by atoms with E-state index in [1.165, 1.54) is 0 Å². The maximum atomic E-state index is 13.6. The largest absolute Gasteiger partial charge is 0.478 e. The summed E-state index contributed by atoms with van der Waals surface area (Å²) >= 11 is 0. The molecule has 0 bridgehead atoms. The van der Waals surface area contributed by atoms with Gasteiger partial charge < -0.3 is 5.11 Å². The summed E-state index contributed by atoms with van der Waals surface area (Å²) in [5.74, 6) is -4.78. The lowest BCUT2D eigenvalue weighted by Crippen LogP contribution is -2.16. The number of hydrogen-bond donors (Lipinski definition) is 2. The van der Waals surface area contributed by atoms with Crippen molar-refractivity contribution >= 4 is 21.7 Å². The monoisotopic (exact) mass is 331 g/mol. The molecular formula is C13H8F3NO4S. The molecule has 9 heteroatoms. The van der Waals surface area contributed by atoms with E-state index in [0.29, 0.717) is 18.2 Å². The molecule has 0 saturated carbocycles. The maximum absolute atomic E-state index is 13.6. The molecule has 22 heavy (non-hydrogen) atoms. The van der Waals surface area contributed by atoms with Crippen molar-refractivity contribution in [3.8, 4) is 0 Å². The fraction of sp³-hybridized carbons (Fsp3) is 0. The van der Waals surface area contributed by atoms with E-state index in [-0.39, 0.29) is 0 Å². The number of nitrogens with one attached hydrogen (secondary N) is 1. The highest BCUT2D eigenvalue weighted by Gasteiger charge is 2.22. The van der Waals surface area contributed by atoms with E-state index in [0.717, 1.165) is 18.2 Å². The molecule has 0 unspecified atom stereocenters. The number of rotatable bonds is 4. The molecule has 0 atom stereocenters. The highest BCUT2D eigenvalue weighted by Crippen LogP contribution is 2.22. The molecule has 0 aliphatic rings. The van der Waals surface area contributed by atoms with E-state index >= 15 is 0 Å². The van der Waals surface area contributed by atoms with Crippen LogP contribution in [0.2, 0.25) is 0 Å². The minimum atomic E-state index is -4.59. The maximum Gasteiger partial charge on any atom is 0.335 e. The van der Waals surface area contributed by atoms with E-state index in [1.807, 2.05) is 0 Å². The van der Waals surface area contributed by atoms with Crippen molar-refractivity contribution < 1.29 is 31.5 Å². The molecule has 0 aliphatic heterocycles. The van der Waals surface area contributed by atoms with Crippen molar-refractivity contribution in [3.05, 3.63) is 59.4 Å². The standard InChI is InChI=1S/C13H8F3NO4S/c14-8-2-4-11(10(16)6-8)17-22(20,21)12-5-7(13(18)19)1-3-9(12)15/h1-6,17H,(H,18,19). The molecule has 0 heterocycles. The number of hydrogen-bond acceptors (Lipinski definition) is 3. The molecule has 0 fully saturated rings. The van der Waals surface area contributed by atoms with Gasteiger partial charge in [0.25, 0.3) is 10.0 Å². The van der Waals surface area contributed by atoms with E-state index in [4.69, 9.17) is 5.11 Å². The van der Waals surface area contributed by atoms with Gasteiger partial charge in [-0.05, 0) is 30.3 Å². The van der Waals surface area contributed by atoms with E-state index in [1.54, 1.807) is 4.72 Å². The van der Waals surface area contributed by atoms with Gasteiger partial charge in [-0.2, -0.15) is 0 Å². The Morgan fingerprint density at radius 2 is 1.68 bits per heavy atom. The smallest absolute Gasteiger partial charge is 0.335 e. The Morgan fingerprint density at radius 3 is 2.27 bits per heavy atom. The van der Waals surface area contributed by atoms with Crippen LogP contribution in [0.15, 0.2) is 41.3 Å². The summed E-state index contributed by atoms with van der Waals surface area (Å²) in [7, 11) is -4.59. The number of benzene rings is 2. The Morgan fingerprint density at radius 1 is 1.00 bits per heavy atom. The zero-order chi connectivity index (χ0) is 16.5. The van der Waals surface area contributed by atoms with Crippen LogP contribution < -0.4 is 4.72 Å². The van der Waals surface area contributed by atoms with Gasteiger partial charge in [-0.3, -0.25) is 4.72 Å². The second-order valence-electron chi connectivity index (χ2n) is 4.18. The predicted octanol–water partition coefficient (Wildman–Crippen LogP) is 2.60. The van der Waals surface area contributed by atoms with Crippen LogP contribution in [-0.2, 0) is 10.0 Å². The summed E-state index contributed by atoms with van der Waals surface area (Å²) in [5, 5.41) is 8.79. The van der Waals surface area contributed by atoms with Crippen molar-refractivity contribution in [1.29, 1.82) is 0 Å². The lowest BCUT2D eigenvalue weighted by molar-refractivity contribution is 0.0696. The molecule has 116 valence electrons. The molecule has 2 N–H and O–H groups in total. The Hall–Kier alpha value is -2.55. The normalized spacial score (nSPS) is 11.2. The van der Waals surface area contributed by atoms with Crippen molar-refractivity contribution in [2.45, 2.75) is 4.90 Å². The van der Waals surface area contributed by atoms with E-state index < -0.39 is 49.6 Å². The second kappa shape index (κ2) is 5.68. The van der Waals surface area contributed by atoms with Crippen molar-refractivity contribution in [1.82, 2.24) is 0 Å². The second-order valence-corrected chi connectivity index (χ2v) is 5.83. The number of carboxylic acids is 1. The summed E-state index contributed by atoms with van der Waals surface area (Å²) < 4.78 is 65.6. The van der Waals surface area contributed by atoms with Gasteiger partial charge in [0.1, 0.15) is 22.3 Å². The van der Waals surface area contributed by atoms with Gasteiger partial charge in [0.05, 0.1) is 11.3 Å². The van der Waals surface area contributed by atoms with Crippen molar-refractivity contribution in [2.24, 2.45) is 0 Å². The van der Waals surface area contributed by atoms with Crippen LogP contribution in [0.25, 0.3) is 0 Å². The molecule has 0 radical (unpaired) electrons. The third-order valence-corrected chi connectivity index (χ3v) is 4.02. The lowest BCUT2D eigenvalue weighted by atomic mass is 10.2. The Kier molecular flexibility index (Phi) is 4.09. The van der Waals surface area contributed by atoms with Gasteiger partial charge in [-0.15, -0.1) is 0 Å². The topological polar surface area (TPSA) is 83.5 Å². The number of aromatic carboxylic acids is 1. The third kappa shape index (κ3) is 3.19. The van der Waals surface area contributed by atoms with Crippen LogP contribution in [0.5, 0.6) is 0 Å². The molecule has 2 aromatic carbocycles. The number of sulfonamides is 1. The summed E-state index contributed by atoms with van der Waals surface area (Å²) in [6, 6.07) is 4.23. The molecular weight excluding hydrogens is 323 g/mol. The number of halogens is 3. The molecule has 0 aromatic heterocycles. The van der Waals surface area contributed by atoms with Gasteiger partial charge in [0.15, 0.2) is 0 Å². The first-order valence-corrected chi connectivity index (χ1v) is 7.20. The van der Waals surface area contributed by atoms with Gasteiger partial charge in [-0.25, -0.2) is 26.4 Å². The molecule has 2 rings (SSSR count). The van der Waals surface area contributed by atoms with Gasteiger partial charge in [-0.1, -0.05) is 0 Å². The third-order valence-electron chi connectivity index (χ3n) is 2.64. The van der Waals surface area contributed by atoms with Crippen molar-refractivity contribution in [3.63, 3.8) is 0 Å². The Bertz CT molecular complexity index is 852. The highest BCUT2D eigenvalue weighted by atomic mass is 32.2. The first kappa shape index (κ1) is 15.8. The summed E-state index contributed by atoms with van der Waals surface area (Å²) in [4.78, 5) is 9.84. The first-order valence-electron chi connectivity index (χ1n) is 5.71. The van der Waals surface area contributed by atoms with Crippen LogP contribution in [0.3, 0.4) is 0 Å². The average Bonchev–Trinajstić information content (AvgIpc) is 2.42. The number of anilines is 1. The quantitative estimate of drug-likeness (QED) is 0.902. The summed E-state index contributed by atoms with van der Waals surface area (Å²) in [6.45, 7) is 0. The zero-order valence-corrected chi connectivity index (χ0v) is 11.5. The first-order chi connectivity index (χ1) is 10.2. The van der Waals surface area contributed by atoms with Crippen LogP contribution in [-0.4, -0.2) is 19.5 Å². The fourth-order valence-electron chi connectivity index (χ4n) is 1.61. The number of carbonyl (C=O) groups is 1. The SMILES string of the molecule is O=C(O)c1ccc(F)c(S(=O)(=O)Nc2ccc(F)cc2F)c1.